The Morgan fingerprint density at radius 1 is 0.284 bits per heavy atom. The predicted molar refractivity (Wildman–Crippen MR) is 320 cm³/mol. The quantitative estimate of drug-likeness (QED) is 0.0261. The molecule has 0 amide bonds. The lowest BCUT2D eigenvalue weighted by Gasteiger charge is -2.18. The van der Waals surface area contributed by atoms with Gasteiger partial charge in [-0.3, -0.25) is 14.4 Å². The van der Waals surface area contributed by atoms with Gasteiger partial charge in [0, 0.05) is 19.3 Å². The molecule has 0 radical (unpaired) electrons. The first-order valence-electron chi connectivity index (χ1n) is 31.2. The van der Waals surface area contributed by atoms with Crippen LogP contribution in [-0.2, 0) is 28.6 Å². The fraction of sp³-hybridized carbons (Fsp3) is 0.721. The van der Waals surface area contributed by atoms with E-state index >= 15 is 0 Å². The summed E-state index contributed by atoms with van der Waals surface area (Å²) in [5, 5.41) is 0. The van der Waals surface area contributed by atoms with Gasteiger partial charge in [-0.2, -0.15) is 0 Å². The van der Waals surface area contributed by atoms with Crippen molar-refractivity contribution in [3.05, 3.63) is 97.2 Å². The van der Waals surface area contributed by atoms with E-state index in [0.717, 1.165) is 89.9 Å². The minimum absolute atomic E-state index is 0.0998. The van der Waals surface area contributed by atoms with Gasteiger partial charge in [-0.15, -0.1) is 0 Å². The molecule has 0 aliphatic rings. The molecule has 424 valence electrons. The van der Waals surface area contributed by atoms with Crippen molar-refractivity contribution in [3.63, 3.8) is 0 Å². The average molecular weight is 1030 g/mol. The molecule has 0 aliphatic carbocycles. The van der Waals surface area contributed by atoms with Gasteiger partial charge in [0.25, 0.3) is 0 Å². The van der Waals surface area contributed by atoms with Gasteiger partial charge in [0.05, 0.1) is 0 Å². The lowest BCUT2D eigenvalue weighted by molar-refractivity contribution is -0.166. The van der Waals surface area contributed by atoms with Crippen LogP contribution < -0.4 is 0 Å². The molecule has 0 N–H and O–H groups in total. The van der Waals surface area contributed by atoms with E-state index in [0.29, 0.717) is 19.3 Å². The molecule has 0 fully saturated rings. The molecule has 0 bridgehead atoms. The minimum atomic E-state index is -0.808. The molecule has 0 aromatic carbocycles. The van der Waals surface area contributed by atoms with Gasteiger partial charge in [-0.1, -0.05) is 291 Å². The van der Waals surface area contributed by atoms with Gasteiger partial charge < -0.3 is 14.2 Å². The van der Waals surface area contributed by atoms with Gasteiger partial charge in [-0.05, 0) is 83.5 Å². The van der Waals surface area contributed by atoms with Crippen molar-refractivity contribution in [1.29, 1.82) is 0 Å². The third-order valence-electron chi connectivity index (χ3n) is 13.3. The maximum absolute atomic E-state index is 12.9. The Morgan fingerprint density at radius 2 is 0.554 bits per heavy atom. The van der Waals surface area contributed by atoms with E-state index in [1.54, 1.807) is 0 Å². The lowest BCUT2D eigenvalue weighted by atomic mass is 10.0. The zero-order chi connectivity index (χ0) is 53.6. The number of unbranched alkanes of at least 4 members (excludes halogenated alkanes) is 29. The van der Waals surface area contributed by atoms with E-state index in [9.17, 15) is 14.4 Å². The predicted octanol–water partition coefficient (Wildman–Crippen LogP) is 21.3. The van der Waals surface area contributed by atoms with Gasteiger partial charge in [0.1, 0.15) is 13.2 Å². The number of ether oxygens (including phenoxy) is 3. The zero-order valence-corrected chi connectivity index (χ0v) is 48.6. The Hall–Kier alpha value is -3.67. The second kappa shape index (κ2) is 61.9. The molecule has 1 unspecified atom stereocenters. The Kier molecular flexibility index (Phi) is 58.8. The van der Waals surface area contributed by atoms with Crippen molar-refractivity contribution in [2.24, 2.45) is 0 Å². The normalized spacial score (nSPS) is 12.7. The van der Waals surface area contributed by atoms with Crippen molar-refractivity contribution < 1.29 is 28.6 Å². The molecule has 1 atom stereocenters. The number of allylic oxidation sites excluding steroid dienone is 16. The smallest absolute Gasteiger partial charge is 0.306 e. The highest BCUT2D eigenvalue weighted by Gasteiger charge is 2.19. The molecular weight excluding hydrogens is 913 g/mol. The third kappa shape index (κ3) is 59.2. The number of carbonyl (C=O) groups excluding carboxylic acids is 3. The second-order valence-corrected chi connectivity index (χ2v) is 20.6. The van der Waals surface area contributed by atoms with E-state index in [4.69, 9.17) is 14.2 Å². The van der Waals surface area contributed by atoms with Gasteiger partial charge in [-0.25, -0.2) is 0 Å². The number of esters is 3. The summed E-state index contributed by atoms with van der Waals surface area (Å²) in [5.41, 5.74) is 0. The minimum Gasteiger partial charge on any atom is -0.462 e. The van der Waals surface area contributed by atoms with Gasteiger partial charge in [0.15, 0.2) is 6.10 Å². The molecule has 0 spiro atoms. The molecule has 0 rings (SSSR count). The molecule has 6 nitrogen and oxygen atoms in total. The van der Waals surface area contributed by atoms with Crippen LogP contribution in [0.1, 0.15) is 297 Å². The van der Waals surface area contributed by atoms with E-state index in [2.05, 4.69) is 112 Å². The van der Waals surface area contributed by atoms with Crippen LogP contribution in [0, 0.1) is 0 Å². The van der Waals surface area contributed by atoms with Gasteiger partial charge >= 0.3 is 17.9 Å². The fourth-order valence-electron chi connectivity index (χ4n) is 8.74. The van der Waals surface area contributed by atoms with Gasteiger partial charge in [0.2, 0.25) is 0 Å². The fourth-order valence-corrected chi connectivity index (χ4v) is 8.74. The van der Waals surface area contributed by atoms with Crippen molar-refractivity contribution in [2.45, 2.75) is 303 Å². The highest BCUT2D eigenvalue weighted by molar-refractivity contribution is 5.71. The average Bonchev–Trinajstić information content (AvgIpc) is 3.40. The molecular formula is C68H116O6. The summed E-state index contributed by atoms with van der Waals surface area (Å²) in [6, 6.07) is 0. The van der Waals surface area contributed by atoms with Crippen LogP contribution in [0.25, 0.3) is 0 Å². The molecule has 0 aliphatic heterocycles. The summed E-state index contributed by atoms with van der Waals surface area (Å²) in [5.74, 6) is -0.978. The summed E-state index contributed by atoms with van der Waals surface area (Å²) in [6.07, 6.45) is 82.9. The summed E-state index contributed by atoms with van der Waals surface area (Å²) in [7, 11) is 0. The van der Waals surface area contributed by atoms with Crippen LogP contribution >= 0.6 is 0 Å². The summed E-state index contributed by atoms with van der Waals surface area (Å²) < 4.78 is 16.8. The van der Waals surface area contributed by atoms with Crippen LogP contribution in [0.3, 0.4) is 0 Å². The van der Waals surface area contributed by atoms with Crippen molar-refractivity contribution in [1.82, 2.24) is 0 Å². The van der Waals surface area contributed by atoms with Crippen LogP contribution in [-0.4, -0.2) is 37.2 Å². The topological polar surface area (TPSA) is 78.9 Å². The second-order valence-electron chi connectivity index (χ2n) is 20.6. The lowest BCUT2D eigenvalue weighted by Crippen LogP contribution is -2.30. The summed E-state index contributed by atoms with van der Waals surface area (Å²) >= 11 is 0. The number of carbonyl (C=O) groups is 3. The van der Waals surface area contributed by atoms with E-state index in [-0.39, 0.29) is 37.5 Å². The van der Waals surface area contributed by atoms with Crippen LogP contribution in [0.15, 0.2) is 97.2 Å². The Morgan fingerprint density at radius 3 is 0.905 bits per heavy atom. The third-order valence-corrected chi connectivity index (χ3v) is 13.3. The SMILES string of the molecule is CC/C=C\C/C=C\C/C=C\C/C=C\CCCCCCCCCCCCC(=O)OCC(COC(=O)CC/C=C\C/C=C\C/C=C\C/C=C\CC)OC(=O)CCCCCCCCCCCCCCCCCCCCCC. The molecule has 0 saturated carbocycles. The van der Waals surface area contributed by atoms with Crippen molar-refractivity contribution in [2.75, 3.05) is 13.2 Å². The highest BCUT2D eigenvalue weighted by Crippen LogP contribution is 2.17. The summed E-state index contributed by atoms with van der Waals surface area (Å²) in [6.45, 7) is 6.38. The maximum Gasteiger partial charge on any atom is 0.306 e. The Balaban J connectivity index is 4.36. The number of hydrogen-bond acceptors (Lipinski definition) is 6. The standard InChI is InChI=1S/C68H116O6/c1-4-7-10-13-16-19-22-25-27-29-31-33-34-35-37-38-40-43-46-49-52-55-58-61-67(70)73-64-65(63-72-66(69)60-57-54-51-48-45-42-24-21-18-15-12-9-6-3)74-68(71)62-59-56-53-50-47-44-41-39-36-32-30-28-26-23-20-17-14-11-8-5-2/h7,9-10,12,16,18-19,21,25,27,31,33,42,45,51,54,65H,4-6,8,11,13-15,17,20,22-24,26,28-30,32,34-41,43-44,46-50,52-53,55-64H2,1-3H3/b10-7-,12-9-,19-16-,21-18-,27-25-,33-31-,45-42-,54-51-. The van der Waals surface area contributed by atoms with Crippen LogP contribution in [0.5, 0.6) is 0 Å². The first-order valence-corrected chi connectivity index (χ1v) is 31.2. The Labute approximate surface area is 457 Å². The molecule has 0 aromatic rings. The van der Waals surface area contributed by atoms with E-state index in [1.165, 1.54) is 161 Å². The first kappa shape index (κ1) is 70.3. The first-order chi connectivity index (χ1) is 36.5. The van der Waals surface area contributed by atoms with Crippen LogP contribution in [0.4, 0.5) is 0 Å². The monoisotopic (exact) mass is 1030 g/mol. The number of hydrogen-bond donors (Lipinski definition) is 0. The maximum atomic E-state index is 12.9. The molecule has 0 saturated heterocycles. The summed E-state index contributed by atoms with van der Waals surface area (Å²) in [4.78, 5) is 38.2. The molecule has 74 heavy (non-hydrogen) atoms. The molecule has 0 aromatic heterocycles. The molecule has 0 heterocycles. The van der Waals surface area contributed by atoms with E-state index < -0.39 is 6.10 Å². The number of rotatable bonds is 56. The highest BCUT2D eigenvalue weighted by atomic mass is 16.6. The Bertz CT molecular complexity index is 1460. The van der Waals surface area contributed by atoms with Crippen molar-refractivity contribution in [3.8, 4) is 0 Å². The molecule has 6 heteroatoms. The largest absolute Gasteiger partial charge is 0.462 e. The zero-order valence-electron chi connectivity index (χ0n) is 48.6. The van der Waals surface area contributed by atoms with E-state index in [1.807, 2.05) is 6.08 Å². The van der Waals surface area contributed by atoms with Crippen LogP contribution in [0.2, 0.25) is 0 Å². The van der Waals surface area contributed by atoms with Crippen molar-refractivity contribution >= 4 is 17.9 Å².